The molecule has 1 heterocycles. The van der Waals surface area contributed by atoms with Crippen LogP contribution in [0.4, 0.5) is 0 Å². The predicted molar refractivity (Wildman–Crippen MR) is 70.3 cm³/mol. The number of hydrogen-bond acceptors (Lipinski definition) is 2. The van der Waals surface area contributed by atoms with Crippen LogP contribution in [0, 0.1) is 6.92 Å². The SMILES string of the molecule is CCCCN(C)C(=O)c1cc(CC)c(C)s1. The molecule has 0 fully saturated rings. The second-order valence-electron chi connectivity index (χ2n) is 4.13. The van der Waals surface area contributed by atoms with Crippen molar-refractivity contribution in [2.24, 2.45) is 0 Å². The minimum absolute atomic E-state index is 0.168. The first-order chi connectivity index (χ1) is 7.60. The molecule has 16 heavy (non-hydrogen) atoms. The Hall–Kier alpha value is -0.830. The Kier molecular flexibility index (Phi) is 5.00. The summed E-state index contributed by atoms with van der Waals surface area (Å²) in [4.78, 5) is 16.1. The summed E-state index contributed by atoms with van der Waals surface area (Å²) in [6.07, 6.45) is 3.21. The molecule has 0 aliphatic carbocycles. The Labute approximate surface area is 102 Å². The molecule has 0 aromatic carbocycles. The van der Waals surface area contributed by atoms with E-state index in [2.05, 4.69) is 20.8 Å². The van der Waals surface area contributed by atoms with Gasteiger partial charge in [-0.3, -0.25) is 4.79 Å². The minimum atomic E-state index is 0.168. The minimum Gasteiger partial charge on any atom is -0.341 e. The summed E-state index contributed by atoms with van der Waals surface area (Å²) < 4.78 is 0. The second kappa shape index (κ2) is 6.04. The van der Waals surface area contributed by atoms with Crippen molar-refractivity contribution in [2.75, 3.05) is 13.6 Å². The maximum atomic E-state index is 12.1. The number of carbonyl (C=O) groups excluding carboxylic acids is 1. The molecule has 1 aromatic rings. The molecular formula is C13H21NOS. The lowest BCUT2D eigenvalue weighted by molar-refractivity contribution is 0.0798. The van der Waals surface area contributed by atoms with Gasteiger partial charge in [-0.2, -0.15) is 0 Å². The molecule has 1 aromatic heterocycles. The molecule has 0 N–H and O–H groups in total. The van der Waals surface area contributed by atoms with Crippen LogP contribution in [0.15, 0.2) is 6.07 Å². The van der Waals surface area contributed by atoms with Crippen LogP contribution < -0.4 is 0 Å². The van der Waals surface area contributed by atoms with E-state index in [0.29, 0.717) is 0 Å². The van der Waals surface area contributed by atoms with Gasteiger partial charge >= 0.3 is 0 Å². The molecule has 0 spiro atoms. The van der Waals surface area contributed by atoms with Crippen molar-refractivity contribution in [3.05, 3.63) is 21.4 Å². The van der Waals surface area contributed by atoms with E-state index in [1.54, 1.807) is 11.3 Å². The number of unbranched alkanes of at least 4 members (excludes halogenated alkanes) is 1. The van der Waals surface area contributed by atoms with Crippen molar-refractivity contribution in [2.45, 2.75) is 40.0 Å². The summed E-state index contributed by atoms with van der Waals surface area (Å²) in [6.45, 7) is 7.22. The third kappa shape index (κ3) is 3.08. The van der Waals surface area contributed by atoms with Gasteiger partial charge in [0.15, 0.2) is 0 Å². The molecule has 0 atom stereocenters. The standard InChI is InChI=1S/C13H21NOS/c1-5-7-8-14(4)13(15)12-9-11(6-2)10(3)16-12/h9H,5-8H2,1-4H3. The Morgan fingerprint density at radius 3 is 2.62 bits per heavy atom. The van der Waals surface area contributed by atoms with E-state index < -0.39 is 0 Å². The van der Waals surface area contributed by atoms with Crippen molar-refractivity contribution in [1.82, 2.24) is 4.90 Å². The highest BCUT2D eigenvalue weighted by Crippen LogP contribution is 2.23. The first-order valence-corrected chi connectivity index (χ1v) is 6.76. The van der Waals surface area contributed by atoms with Crippen molar-refractivity contribution < 1.29 is 4.79 Å². The van der Waals surface area contributed by atoms with Gasteiger partial charge < -0.3 is 4.90 Å². The van der Waals surface area contributed by atoms with Crippen molar-refractivity contribution >= 4 is 17.2 Å². The molecule has 0 aliphatic rings. The largest absolute Gasteiger partial charge is 0.341 e. The van der Waals surface area contributed by atoms with Gasteiger partial charge in [-0.25, -0.2) is 0 Å². The van der Waals surface area contributed by atoms with Gasteiger partial charge in [0.2, 0.25) is 0 Å². The highest BCUT2D eigenvalue weighted by molar-refractivity contribution is 7.14. The molecule has 2 nitrogen and oxygen atoms in total. The van der Waals surface area contributed by atoms with Crippen LogP contribution in [0.5, 0.6) is 0 Å². The highest BCUT2D eigenvalue weighted by Gasteiger charge is 2.15. The number of thiophene rings is 1. The molecule has 0 saturated carbocycles. The number of amides is 1. The summed E-state index contributed by atoms with van der Waals surface area (Å²) in [5.74, 6) is 0.168. The number of carbonyl (C=O) groups is 1. The number of rotatable bonds is 5. The lowest BCUT2D eigenvalue weighted by Crippen LogP contribution is -2.26. The summed E-state index contributed by atoms with van der Waals surface area (Å²) in [5.41, 5.74) is 1.30. The van der Waals surface area contributed by atoms with Gasteiger partial charge in [-0.1, -0.05) is 20.3 Å². The fourth-order valence-electron chi connectivity index (χ4n) is 1.66. The van der Waals surface area contributed by atoms with Crippen molar-refractivity contribution in [3.63, 3.8) is 0 Å². The highest BCUT2D eigenvalue weighted by atomic mass is 32.1. The van der Waals surface area contributed by atoms with Crippen molar-refractivity contribution in [1.29, 1.82) is 0 Å². The zero-order valence-electron chi connectivity index (χ0n) is 10.7. The Morgan fingerprint density at radius 2 is 2.12 bits per heavy atom. The monoisotopic (exact) mass is 239 g/mol. The van der Waals surface area contributed by atoms with Gasteiger partial charge in [-0.05, 0) is 31.4 Å². The normalized spacial score (nSPS) is 10.5. The van der Waals surface area contributed by atoms with Gasteiger partial charge in [0.25, 0.3) is 5.91 Å². The Balaban J connectivity index is 2.72. The molecule has 1 amide bonds. The zero-order valence-corrected chi connectivity index (χ0v) is 11.5. The van der Waals surface area contributed by atoms with Crippen LogP contribution >= 0.6 is 11.3 Å². The second-order valence-corrected chi connectivity index (χ2v) is 5.38. The first-order valence-electron chi connectivity index (χ1n) is 5.94. The molecule has 3 heteroatoms. The maximum Gasteiger partial charge on any atom is 0.263 e. The average molecular weight is 239 g/mol. The molecule has 1 rings (SSSR count). The van der Waals surface area contributed by atoms with Crippen LogP contribution in [-0.4, -0.2) is 24.4 Å². The third-order valence-electron chi connectivity index (χ3n) is 2.81. The van der Waals surface area contributed by atoms with Gasteiger partial charge in [0.05, 0.1) is 4.88 Å². The fourth-order valence-corrected chi connectivity index (χ4v) is 2.77. The lowest BCUT2D eigenvalue weighted by Gasteiger charge is -2.15. The lowest BCUT2D eigenvalue weighted by atomic mass is 10.2. The summed E-state index contributed by atoms with van der Waals surface area (Å²) in [6, 6.07) is 2.05. The molecule has 0 saturated heterocycles. The molecule has 90 valence electrons. The summed E-state index contributed by atoms with van der Waals surface area (Å²) in [7, 11) is 1.89. The molecule has 0 aliphatic heterocycles. The average Bonchev–Trinajstić information content (AvgIpc) is 2.66. The van der Waals surface area contributed by atoms with Crippen LogP contribution in [0.2, 0.25) is 0 Å². The zero-order chi connectivity index (χ0) is 12.1. The van der Waals surface area contributed by atoms with E-state index in [0.717, 1.165) is 30.7 Å². The van der Waals surface area contributed by atoms with Crippen LogP contribution in [0.25, 0.3) is 0 Å². The van der Waals surface area contributed by atoms with Gasteiger partial charge in [-0.15, -0.1) is 11.3 Å². The Bertz CT molecular complexity index is 357. The van der Waals surface area contributed by atoms with E-state index >= 15 is 0 Å². The third-order valence-corrected chi connectivity index (χ3v) is 3.89. The van der Waals surface area contributed by atoms with E-state index in [1.807, 2.05) is 18.0 Å². The summed E-state index contributed by atoms with van der Waals surface area (Å²) >= 11 is 1.62. The number of aryl methyl sites for hydroxylation is 2. The van der Waals surface area contributed by atoms with E-state index in [4.69, 9.17) is 0 Å². The number of nitrogens with zero attached hydrogens (tertiary/aromatic N) is 1. The fraction of sp³-hybridized carbons (Fsp3) is 0.615. The first kappa shape index (κ1) is 13.2. The van der Waals surface area contributed by atoms with Crippen molar-refractivity contribution in [3.8, 4) is 0 Å². The Morgan fingerprint density at radius 1 is 1.44 bits per heavy atom. The van der Waals surface area contributed by atoms with E-state index in [-0.39, 0.29) is 5.91 Å². The number of hydrogen-bond donors (Lipinski definition) is 0. The van der Waals surface area contributed by atoms with Gasteiger partial charge in [0.1, 0.15) is 0 Å². The smallest absolute Gasteiger partial charge is 0.263 e. The topological polar surface area (TPSA) is 20.3 Å². The van der Waals surface area contributed by atoms with E-state index in [1.165, 1.54) is 10.4 Å². The van der Waals surface area contributed by atoms with E-state index in [9.17, 15) is 4.79 Å². The van der Waals surface area contributed by atoms with Crippen LogP contribution in [0.1, 0.15) is 46.8 Å². The summed E-state index contributed by atoms with van der Waals surface area (Å²) in [5, 5.41) is 0. The molecule has 0 radical (unpaired) electrons. The molecule has 0 bridgehead atoms. The molecular weight excluding hydrogens is 218 g/mol. The van der Waals surface area contributed by atoms with Gasteiger partial charge in [0, 0.05) is 18.5 Å². The van der Waals surface area contributed by atoms with Crippen LogP contribution in [0.3, 0.4) is 0 Å². The molecule has 0 unspecified atom stereocenters. The maximum absolute atomic E-state index is 12.1. The predicted octanol–water partition coefficient (Wildman–Crippen LogP) is 3.49. The van der Waals surface area contributed by atoms with Crippen LogP contribution in [-0.2, 0) is 6.42 Å². The quantitative estimate of drug-likeness (QED) is 0.770.